The van der Waals surface area contributed by atoms with E-state index in [1.54, 1.807) is 18.2 Å². The third kappa shape index (κ3) is 2.51. The SMILES string of the molecule is NC(=O)Oc1nc2cc(C(Cl)=CCl)ccc2[nH]1. The number of ether oxygens (including phenoxy) is 1. The molecule has 2 aromatic rings. The number of nitrogens with zero attached hydrogens (tertiary/aromatic N) is 1. The molecule has 0 spiro atoms. The second-order valence-corrected chi connectivity index (χ2v) is 3.78. The van der Waals surface area contributed by atoms with E-state index in [9.17, 15) is 4.79 Å². The first-order valence-electron chi connectivity index (χ1n) is 4.53. The fourth-order valence-electron chi connectivity index (χ4n) is 1.34. The number of carbonyl (C=O) groups is 1. The summed E-state index contributed by atoms with van der Waals surface area (Å²) in [5, 5.41) is 0.397. The number of hydrogen-bond acceptors (Lipinski definition) is 3. The van der Waals surface area contributed by atoms with E-state index in [0.29, 0.717) is 21.6 Å². The van der Waals surface area contributed by atoms with Gasteiger partial charge in [0.15, 0.2) is 0 Å². The van der Waals surface area contributed by atoms with Crippen LogP contribution >= 0.6 is 23.2 Å². The quantitative estimate of drug-likeness (QED) is 0.881. The summed E-state index contributed by atoms with van der Waals surface area (Å²) < 4.78 is 4.62. The Morgan fingerprint density at radius 2 is 2.29 bits per heavy atom. The van der Waals surface area contributed by atoms with Crippen LogP contribution in [-0.4, -0.2) is 16.1 Å². The van der Waals surface area contributed by atoms with Gasteiger partial charge in [-0.3, -0.25) is 0 Å². The van der Waals surface area contributed by atoms with Crippen LogP contribution in [0.5, 0.6) is 6.01 Å². The number of nitrogens with two attached hydrogens (primary N) is 1. The number of rotatable bonds is 2. The molecule has 1 amide bonds. The molecule has 5 nitrogen and oxygen atoms in total. The molecule has 0 saturated heterocycles. The maximum absolute atomic E-state index is 10.6. The van der Waals surface area contributed by atoms with Crippen LogP contribution in [-0.2, 0) is 0 Å². The van der Waals surface area contributed by atoms with Gasteiger partial charge < -0.3 is 15.5 Å². The number of amides is 1. The fourth-order valence-corrected chi connectivity index (χ4v) is 1.58. The summed E-state index contributed by atoms with van der Waals surface area (Å²) in [6, 6.07) is 5.25. The van der Waals surface area contributed by atoms with Gasteiger partial charge in [-0.2, -0.15) is 4.98 Å². The molecule has 0 unspecified atom stereocenters. The number of primary amides is 1. The predicted octanol–water partition coefficient (Wildman–Crippen LogP) is 2.80. The maximum Gasteiger partial charge on any atom is 0.412 e. The number of fused-ring (bicyclic) bond motifs is 1. The lowest BCUT2D eigenvalue weighted by molar-refractivity contribution is 0.207. The van der Waals surface area contributed by atoms with E-state index in [-0.39, 0.29) is 6.01 Å². The third-order valence-corrected chi connectivity index (χ3v) is 2.69. The van der Waals surface area contributed by atoms with Gasteiger partial charge in [0.05, 0.1) is 16.1 Å². The van der Waals surface area contributed by atoms with Gasteiger partial charge in [0, 0.05) is 5.54 Å². The molecule has 0 fully saturated rings. The molecule has 0 aliphatic carbocycles. The number of aromatic nitrogens is 2. The first-order chi connectivity index (χ1) is 8.10. The average molecular weight is 272 g/mol. The van der Waals surface area contributed by atoms with E-state index in [1.165, 1.54) is 5.54 Å². The molecule has 1 aromatic carbocycles. The van der Waals surface area contributed by atoms with Crippen molar-refractivity contribution in [3.63, 3.8) is 0 Å². The minimum atomic E-state index is -0.928. The number of benzene rings is 1. The monoisotopic (exact) mass is 271 g/mol. The van der Waals surface area contributed by atoms with Crippen molar-refractivity contribution in [2.75, 3.05) is 0 Å². The summed E-state index contributed by atoms with van der Waals surface area (Å²) in [5.74, 6) is 0. The summed E-state index contributed by atoms with van der Waals surface area (Å²) in [5.41, 5.74) is 8.14. The van der Waals surface area contributed by atoms with Crippen LogP contribution < -0.4 is 10.5 Å². The zero-order valence-corrected chi connectivity index (χ0v) is 9.92. The molecular weight excluding hydrogens is 265 g/mol. The lowest BCUT2D eigenvalue weighted by Crippen LogP contribution is -2.16. The largest absolute Gasteiger partial charge is 0.412 e. The van der Waals surface area contributed by atoms with Gasteiger partial charge in [-0.1, -0.05) is 29.3 Å². The van der Waals surface area contributed by atoms with E-state index in [4.69, 9.17) is 28.9 Å². The molecule has 7 heteroatoms. The van der Waals surface area contributed by atoms with E-state index in [0.717, 1.165) is 0 Å². The third-order valence-electron chi connectivity index (χ3n) is 2.03. The van der Waals surface area contributed by atoms with Crippen molar-refractivity contribution in [1.82, 2.24) is 9.97 Å². The van der Waals surface area contributed by atoms with E-state index < -0.39 is 6.09 Å². The zero-order chi connectivity index (χ0) is 12.4. The lowest BCUT2D eigenvalue weighted by atomic mass is 10.2. The number of halogens is 2. The molecule has 2 rings (SSSR count). The van der Waals surface area contributed by atoms with Gasteiger partial charge in [-0.15, -0.1) is 0 Å². The Bertz CT molecular complexity index is 607. The molecule has 1 aromatic heterocycles. The molecule has 1 heterocycles. The van der Waals surface area contributed by atoms with Crippen LogP contribution in [0.25, 0.3) is 16.1 Å². The smallest absolute Gasteiger partial charge is 0.376 e. The predicted molar refractivity (Wildman–Crippen MR) is 66.0 cm³/mol. The average Bonchev–Trinajstić information content (AvgIpc) is 2.67. The minimum absolute atomic E-state index is 0.0376. The zero-order valence-electron chi connectivity index (χ0n) is 8.41. The fraction of sp³-hybridized carbons (Fsp3) is 0. The number of imidazole rings is 1. The lowest BCUT2D eigenvalue weighted by Gasteiger charge is -1.96. The number of nitrogens with one attached hydrogen (secondary N) is 1. The van der Waals surface area contributed by atoms with Crippen LogP contribution in [0, 0.1) is 0 Å². The first-order valence-corrected chi connectivity index (χ1v) is 5.35. The summed E-state index contributed by atoms with van der Waals surface area (Å²) in [4.78, 5) is 17.4. The Balaban J connectivity index is 2.44. The van der Waals surface area contributed by atoms with Crippen molar-refractivity contribution >= 4 is 45.4 Å². The van der Waals surface area contributed by atoms with Crippen molar-refractivity contribution in [2.45, 2.75) is 0 Å². The van der Waals surface area contributed by atoms with Crippen LogP contribution in [0.15, 0.2) is 23.7 Å². The molecule has 0 saturated carbocycles. The summed E-state index contributed by atoms with van der Waals surface area (Å²) in [6.07, 6.45) is -0.928. The Morgan fingerprint density at radius 3 is 2.94 bits per heavy atom. The van der Waals surface area contributed by atoms with Crippen LogP contribution in [0.1, 0.15) is 5.56 Å². The van der Waals surface area contributed by atoms with Crippen molar-refractivity contribution in [3.8, 4) is 6.01 Å². The Hall–Kier alpha value is -1.72. The molecular formula is C10H7Cl2N3O2. The molecule has 3 N–H and O–H groups in total. The van der Waals surface area contributed by atoms with Crippen LogP contribution in [0.4, 0.5) is 4.79 Å². The summed E-state index contributed by atoms with van der Waals surface area (Å²) >= 11 is 11.4. The normalized spacial score (nSPS) is 11.8. The van der Waals surface area contributed by atoms with Crippen molar-refractivity contribution in [2.24, 2.45) is 5.73 Å². The minimum Gasteiger partial charge on any atom is -0.376 e. The Kier molecular flexibility index (Phi) is 3.21. The number of hydrogen-bond donors (Lipinski definition) is 2. The molecule has 88 valence electrons. The van der Waals surface area contributed by atoms with Crippen molar-refractivity contribution < 1.29 is 9.53 Å². The molecule has 0 bridgehead atoms. The summed E-state index contributed by atoms with van der Waals surface area (Å²) in [6.45, 7) is 0. The van der Waals surface area contributed by atoms with Crippen LogP contribution in [0.3, 0.4) is 0 Å². The topological polar surface area (TPSA) is 81.0 Å². The standard InChI is InChI=1S/C10H7Cl2N3O2/c11-4-6(12)5-1-2-7-8(3-5)15-10(14-7)17-9(13)16/h1-4H,(H2,13,16)(H,14,15). The molecule has 17 heavy (non-hydrogen) atoms. The molecule has 0 aliphatic rings. The molecule has 0 aliphatic heterocycles. The molecule has 0 radical (unpaired) electrons. The van der Waals surface area contributed by atoms with Gasteiger partial charge in [-0.25, -0.2) is 4.79 Å². The number of aromatic amines is 1. The Labute approximate surface area is 106 Å². The second kappa shape index (κ2) is 4.65. The second-order valence-electron chi connectivity index (χ2n) is 3.15. The highest BCUT2D eigenvalue weighted by molar-refractivity contribution is 6.53. The van der Waals surface area contributed by atoms with Gasteiger partial charge in [0.1, 0.15) is 0 Å². The number of carbonyl (C=O) groups excluding carboxylic acids is 1. The maximum atomic E-state index is 10.6. The molecule has 0 atom stereocenters. The van der Waals surface area contributed by atoms with Gasteiger partial charge >= 0.3 is 12.1 Å². The van der Waals surface area contributed by atoms with Crippen molar-refractivity contribution in [3.05, 3.63) is 29.3 Å². The Morgan fingerprint density at radius 1 is 1.53 bits per heavy atom. The number of H-pyrrole nitrogens is 1. The summed E-state index contributed by atoms with van der Waals surface area (Å²) in [7, 11) is 0. The van der Waals surface area contributed by atoms with E-state index in [2.05, 4.69) is 14.7 Å². The van der Waals surface area contributed by atoms with E-state index >= 15 is 0 Å². The van der Waals surface area contributed by atoms with Gasteiger partial charge in [0.25, 0.3) is 0 Å². The highest BCUT2D eigenvalue weighted by Crippen LogP contribution is 2.24. The highest BCUT2D eigenvalue weighted by atomic mass is 35.5. The van der Waals surface area contributed by atoms with Gasteiger partial charge in [-0.05, 0) is 17.7 Å². The first kappa shape index (κ1) is 11.8. The van der Waals surface area contributed by atoms with Gasteiger partial charge in [0.2, 0.25) is 0 Å². The van der Waals surface area contributed by atoms with E-state index in [1.807, 2.05) is 0 Å². The van der Waals surface area contributed by atoms with Crippen molar-refractivity contribution in [1.29, 1.82) is 0 Å². The van der Waals surface area contributed by atoms with Crippen LogP contribution in [0.2, 0.25) is 0 Å². The highest BCUT2D eigenvalue weighted by Gasteiger charge is 2.07.